The monoisotopic (exact) mass is 472 g/mol. The molecule has 2 aliphatic heterocycles. The Hall–Kier alpha value is -4.67. The molecule has 1 N–H and O–H groups in total. The Labute approximate surface area is 199 Å². The highest BCUT2D eigenvalue weighted by Gasteiger charge is 2.43. The largest absolute Gasteiger partial charge is 0.361 e. The molecule has 1 atom stereocenters. The van der Waals surface area contributed by atoms with E-state index in [-0.39, 0.29) is 31.0 Å². The first-order chi connectivity index (χ1) is 16.9. The van der Waals surface area contributed by atoms with Gasteiger partial charge in [-0.15, -0.1) is 0 Å². The van der Waals surface area contributed by atoms with Gasteiger partial charge in [-0.3, -0.25) is 34.4 Å². The lowest BCUT2D eigenvalue weighted by molar-refractivity contribution is -0.150. The predicted octanol–water partition coefficient (Wildman–Crippen LogP) is 1.29. The van der Waals surface area contributed by atoms with Gasteiger partial charge in [-0.05, 0) is 29.7 Å². The standard InChI is InChI=1S/C24H20N6O5/c1-29(18-12-21(32)30(24(18)34)17-6-7-19(31)26-23(17)33)13-20-27-22(28-35-20)16-5-3-2-4-15(16)14-8-10-25-11-9-14/h2-5,8-12,17H,6-7,13H2,1H3,(H,26,31,33). The van der Waals surface area contributed by atoms with Crippen LogP contribution in [0.4, 0.5) is 0 Å². The van der Waals surface area contributed by atoms with Crippen LogP contribution in [0.3, 0.4) is 0 Å². The molecular formula is C24H20N6O5. The van der Waals surface area contributed by atoms with Crippen molar-refractivity contribution in [2.75, 3.05) is 7.05 Å². The topological polar surface area (TPSA) is 139 Å². The van der Waals surface area contributed by atoms with E-state index in [0.29, 0.717) is 5.82 Å². The minimum absolute atomic E-state index is 0.0599. The molecule has 1 unspecified atom stereocenters. The van der Waals surface area contributed by atoms with E-state index in [1.54, 1.807) is 19.4 Å². The van der Waals surface area contributed by atoms with E-state index in [1.807, 2.05) is 36.4 Å². The van der Waals surface area contributed by atoms with Gasteiger partial charge in [-0.1, -0.05) is 29.4 Å². The zero-order valence-electron chi connectivity index (χ0n) is 18.7. The highest BCUT2D eigenvalue weighted by molar-refractivity contribution is 6.18. The zero-order valence-corrected chi connectivity index (χ0v) is 18.7. The van der Waals surface area contributed by atoms with Crippen molar-refractivity contribution in [3.63, 3.8) is 0 Å². The fraction of sp³-hybridized carbons (Fsp3) is 0.208. The number of carbonyl (C=O) groups is 4. The van der Waals surface area contributed by atoms with E-state index >= 15 is 0 Å². The molecule has 3 aromatic rings. The van der Waals surface area contributed by atoms with Gasteiger partial charge in [-0.2, -0.15) is 4.98 Å². The number of imide groups is 2. The molecule has 0 saturated carbocycles. The summed E-state index contributed by atoms with van der Waals surface area (Å²) in [7, 11) is 1.61. The molecule has 4 heterocycles. The van der Waals surface area contributed by atoms with Gasteiger partial charge in [-0.25, -0.2) is 0 Å². The third-order valence-electron chi connectivity index (χ3n) is 5.87. The van der Waals surface area contributed by atoms with E-state index in [9.17, 15) is 19.2 Å². The van der Waals surface area contributed by atoms with Crippen molar-refractivity contribution in [3.8, 4) is 22.5 Å². The van der Waals surface area contributed by atoms with Crippen LogP contribution in [-0.2, 0) is 25.7 Å². The molecule has 0 bridgehead atoms. The number of piperidine rings is 1. The van der Waals surface area contributed by atoms with Gasteiger partial charge in [0.2, 0.25) is 23.5 Å². The molecule has 2 aromatic heterocycles. The number of aromatic nitrogens is 3. The van der Waals surface area contributed by atoms with Crippen molar-refractivity contribution in [1.29, 1.82) is 0 Å². The van der Waals surface area contributed by atoms with Crippen molar-refractivity contribution >= 4 is 23.6 Å². The Bertz CT molecular complexity index is 1370. The normalized spacial score (nSPS) is 18.0. The molecule has 0 spiro atoms. The maximum absolute atomic E-state index is 13.0. The van der Waals surface area contributed by atoms with Crippen LogP contribution in [0, 0.1) is 0 Å². The lowest BCUT2D eigenvalue weighted by Crippen LogP contribution is -2.54. The lowest BCUT2D eigenvalue weighted by Gasteiger charge is -2.29. The summed E-state index contributed by atoms with van der Waals surface area (Å²) in [5.41, 5.74) is 2.73. The smallest absolute Gasteiger partial charge is 0.277 e. The highest BCUT2D eigenvalue weighted by Crippen LogP contribution is 2.30. The average molecular weight is 472 g/mol. The van der Waals surface area contributed by atoms with Crippen molar-refractivity contribution in [2.45, 2.75) is 25.4 Å². The first-order valence-corrected chi connectivity index (χ1v) is 10.9. The van der Waals surface area contributed by atoms with Gasteiger partial charge in [0, 0.05) is 37.5 Å². The Kier molecular flexibility index (Phi) is 5.65. The summed E-state index contributed by atoms with van der Waals surface area (Å²) in [4.78, 5) is 60.0. The van der Waals surface area contributed by atoms with Gasteiger partial charge in [0.15, 0.2) is 0 Å². The van der Waals surface area contributed by atoms with Crippen LogP contribution < -0.4 is 5.32 Å². The molecule has 0 radical (unpaired) electrons. The SMILES string of the molecule is CN(Cc1nc(-c2ccccc2-c2ccncc2)no1)C1=CC(=O)N(C2CCC(=O)NC2=O)C1=O. The van der Waals surface area contributed by atoms with E-state index in [0.717, 1.165) is 21.6 Å². The molecule has 0 aliphatic carbocycles. The van der Waals surface area contributed by atoms with E-state index < -0.39 is 29.7 Å². The first kappa shape index (κ1) is 22.1. The van der Waals surface area contributed by atoms with Crippen LogP contribution in [-0.4, -0.2) is 61.6 Å². The third-order valence-corrected chi connectivity index (χ3v) is 5.87. The molecule has 2 aliphatic rings. The molecule has 1 fully saturated rings. The van der Waals surface area contributed by atoms with Gasteiger partial charge in [0.1, 0.15) is 11.7 Å². The summed E-state index contributed by atoms with van der Waals surface area (Å²) in [5.74, 6) is -1.68. The summed E-state index contributed by atoms with van der Waals surface area (Å²) in [6.45, 7) is 0.0679. The molecule has 5 rings (SSSR count). The van der Waals surface area contributed by atoms with Gasteiger partial charge >= 0.3 is 0 Å². The summed E-state index contributed by atoms with van der Waals surface area (Å²) in [6.07, 6.45) is 4.73. The predicted molar refractivity (Wildman–Crippen MR) is 121 cm³/mol. The quantitative estimate of drug-likeness (QED) is 0.526. The number of hydrogen-bond acceptors (Lipinski definition) is 9. The Balaban J connectivity index is 1.32. The van der Waals surface area contributed by atoms with Crippen molar-refractivity contribution in [2.24, 2.45) is 0 Å². The summed E-state index contributed by atoms with van der Waals surface area (Å²) >= 11 is 0. The molecule has 11 nitrogen and oxygen atoms in total. The number of benzene rings is 1. The summed E-state index contributed by atoms with van der Waals surface area (Å²) < 4.78 is 5.42. The molecule has 11 heteroatoms. The van der Waals surface area contributed by atoms with Crippen LogP contribution in [0.5, 0.6) is 0 Å². The maximum atomic E-state index is 13.0. The fourth-order valence-corrected chi connectivity index (χ4v) is 4.15. The second-order valence-electron chi connectivity index (χ2n) is 8.16. The third kappa shape index (κ3) is 4.19. The maximum Gasteiger partial charge on any atom is 0.277 e. The molecular weight excluding hydrogens is 452 g/mol. The number of rotatable bonds is 6. The fourth-order valence-electron chi connectivity index (χ4n) is 4.15. The Morgan fingerprint density at radius 1 is 1.09 bits per heavy atom. The van der Waals surface area contributed by atoms with Crippen LogP contribution in [0.1, 0.15) is 18.7 Å². The van der Waals surface area contributed by atoms with Crippen LogP contribution >= 0.6 is 0 Å². The average Bonchev–Trinajstić information content (AvgIpc) is 3.44. The first-order valence-electron chi connectivity index (χ1n) is 10.9. The molecule has 4 amide bonds. The number of likely N-dealkylation sites (N-methyl/N-ethyl adjacent to an activating group) is 1. The van der Waals surface area contributed by atoms with Crippen molar-refractivity contribution < 1.29 is 23.7 Å². The summed E-state index contributed by atoms with van der Waals surface area (Å²) in [5, 5.41) is 6.27. The van der Waals surface area contributed by atoms with Crippen LogP contribution in [0.2, 0.25) is 0 Å². The molecule has 176 valence electrons. The van der Waals surface area contributed by atoms with E-state index in [1.165, 1.54) is 11.0 Å². The van der Waals surface area contributed by atoms with Crippen molar-refractivity contribution in [1.82, 2.24) is 30.2 Å². The summed E-state index contributed by atoms with van der Waals surface area (Å²) in [6, 6.07) is 10.4. The van der Waals surface area contributed by atoms with Crippen LogP contribution in [0.25, 0.3) is 22.5 Å². The van der Waals surface area contributed by atoms with Gasteiger partial charge in [0.25, 0.3) is 11.8 Å². The number of nitrogens with one attached hydrogen (secondary N) is 1. The van der Waals surface area contributed by atoms with E-state index in [2.05, 4.69) is 20.4 Å². The Morgan fingerprint density at radius 3 is 2.57 bits per heavy atom. The van der Waals surface area contributed by atoms with Gasteiger partial charge < -0.3 is 9.42 Å². The molecule has 1 saturated heterocycles. The number of hydrogen-bond donors (Lipinski definition) is 1. The van der Waals surface area contributed by atoms with Crippen molar-refractivity contribution in [3.05, 3.63) is 66.5 Å². The van der Waals surface area contributed by atoms with Gasteiger partial charge in [0.05, 0.1) is 6.54 Å². The Morgan fingerprint density at radius 2 is 1.83 bits per heavy atom. The number of pyridine rings is 1. The van der Waals surface area contributed by atoms with Crippen LogP contribution in [0.15, 0.2) is 65.1 Å². The zero-order chi connectivity index (χ0) is 24.5. The van der Waals surface area contributed by atoms with E-state index in [4.69, 9.17) is 4.52 Å². The number of nitrogens with zero attached hydrogens (tertiary/aromatic N) is 5. The highest BCUT2D eigenvalue weighted by atomic mass is 16.5. The lowest BCUT2D eigenvalue weighted by atomic mass is 10.0. The number of amides is 4. The molecule has 35 heavy (non-hydrogen) atoms. The minimum Gasteiger partial charge on any atom is -0.361 e. The molecule has 1 aromatic carbocycles. The second-order valence-corrected chi connectivity index (χ2v) is 8.16. The number of carbonyl (C=O) groups excluding carboxylic acids is 4. The second kappa shape index (κ2) is 8.93. The minimum atomic E-state index is -1.02.